The van der Waals surface area contributed by atoms with Gasteiger partial charge in [-0.15, -0.1) is 0 Å². The molecule has 0 bridgehead atoms. The van der Waals surface area contributed by atoms with E-state index in [1.807, 2.05) is 7.05 Å². The van der Waals surface area contributed by atoms with Gasteiger partial charge in [0, 0.05) is 31.7 Å². The van der Waals surface area contributed by atoms with Crippen molar-refractivity contribution in [3.63, 3.8) is 0 Å². The van der Waals surface area contributed by atoms with Gasteiger partial charge >= 0.3 is 0 Å². The van der Waals surface area contributed by atoms with Crippen LogP contribution in [0.2, 0.25) is 0 Å². The van der Waals surface area contributed by atoms with Crippen LogP contribution in [-0.4, -0.2) is 49.6 Å². The summed E-state index contributed by atoms with van der Waals surface area (Å²) in [5.41, 5.74) is 0.0527. The number of likely N-dealkylation sites (N-methyl/N-ethyl adjacent to an activating group) is 1. The van der Waals surface area contributed by atoms with Crippen LogP contribution in [0.5, 0.6) is 0 Å². The number of nitrogens with one attached hydrogen (secondary N) is 2. The van der Waals surface area contributed by atoms with Crippen LogP contribution in [0.15, 0.2) is 4.99 Å². The average Bonchev–Trinajstić information content (AvgIpc) is 2.37. The Hall–Kier alpha value is -0.770. The molecule has 1 aliphatic rings. The Balaban J connectivity index is 2.24. The molecular formula is C15H32N4. The average molecular weight is 268 g/mol. The molecule has 0 saturated heterocycles. The molecule has 1 fully saturated rings. The molecule has 0 heterocycles. The van der Waals surface area contributed by atoms with Crippen molar-refractivity contribution in [2.75, 3.05) is 27.2 Å². The first kappa shape index (κ1) is 16.3. The lowest BCUT2D eigenvalue weighted by Crippen LogP contribution is -2.49. The summed E-state index contributed by atoms with van der Waals surface area (Å²) in [5, 5.41) is 6.77. The molecule has 0 amide bonds. The van der Waals surface area contributed by atoms with Crippen LogP contribution < -0.4 is 10.6 Å². The van der Waals surface area contributed by atoms with Crippen LogP contribution in [0, 0.1) is 0 Å². The minimum absolute atomic E-state index is 0.0527. The molecule has 0 aromatic carbocycles. The third kappa shape index (κ3) is 6.81. The zero-order valence-corrected chi connectivity index (χ0v) is 13.4. The molecule has 112 valence electrons. The van der Waals surface area contributed by atoms with Crippen LogP contribution in [0.3, 0.4) is 0 Å². The molecule has 4 heteroatoms. The maximum Gasteiger partial charge on any atom is 0.191 e. The van der Waals surface area contributed by atoms with Crippen molar-refractivity contribution in [3.05, 3.63) is 0 Å². The highest BCUT2D eigenvalue weighted by molar-refractivity contribution is 5.80. The minimum Gasteiger partial charge on any atom is -0.355 e. The number of guanidine groups is 1. The van der Waals surface area contributed by atoms with Crippen molar-refractivity contribution in [2.45, 2.75) is 64.5 Å². The molecular weight excluding hydrogens is 236 g/mol. The fourth-order valence-electron chi connectivity index (χ4n) is 2.59. The van der Waals surface area contributed by atoms with Crippen molar-refractivity contribution in [3.8, 4) is 0 Å². The van der Waals surface area contributed by atoms with Gasteiger partial charge in [0.1, 0.15) is 0 Å². The molecule has 2 N–H and O–H groups in total. The molecule has 4 nitrogen and oxygen atoms in total. The molecule has 1 saturated carbocycles. The van der Waals surface area contributed by atoms with E-state index in [-0.39, 0.29) is 5.54 Å². The van der Waals surface area contributed by atoms with Crippen molar-refractivity contribution in [1.82, 2.24) is 15.5 Å². The SMILES string of the molecule is CN=C(NCCN(C)C1CCCCC1)NC(C)(C)C. The molecule has 0 aliphatic heterocycles. The molecule has 0 unspecified atom stereocenters. The lowest BCUT2D eigenvalue weighted by molar-refractivity contribution is 0.194. The second-order valence-electron chi connectivity index (χ2n) is 6.65. The normalized spacial score (nSPS) is 18.7. The topological polar surface area (TPSA) is 39.7 Å². The zero-order valence-electron chi connectivity index (χ0n) is 13.4. The second-order valence-corrected chi connectivity index (χ2v) is 6.65. The fourth-order valence-corrected chi connectivity index (χ4v) is 2.59. The van der Waals surface area contributed by atoms with E-state index in [0.717, 1.165) is 25.1 Å². The smallest absolute Gasteiger partial charge is 0.191 e. The maximum atomic E-state index is 4.26. The number of nitrogens with zero attached hydrogens (tertiary/aromatic N) is 2. The molecule has 0 atom stereocenters. The second kappa shape index (κ2) is 7.73. The predicted molar refractivity (Wildman–Crippen MR) is 83.8 cm³/mol. The zero-order chi connectivity index (χ0) is 14.3. The van der Waals surface area contributed by atoms with E-state index in [2.05, 4.69) is 48.3 Å². The molecule has 1 aliphatic carbocycles. The minimum atomic E-state index is 0.0527. The van der Waals surface area contributed by atoms with E-state index < -0.39 is 0 Å². The van der Waals surface area contributed by atoms with Crippen LogP contribution in [0.25, 0.3) is 0 Å². The van der Waals surface area contributed by atoms with Gasteiger partial charge in [0.2, 0.25) is 0 Å². The van der Waals surface area contributed by atoms with E-state index in [0.29, 0.717) is 0 Å². The van der Waals surface area contributed by atoms with Gasteiger partial charge in [0.05, 0.1) is 0 Å². The summed E-state index contributed by atoms with van der Waals surface area (Å²) in [7, 11) is 4.07. The van der Waals surface area contributed by atoms with E-state index in [4.69, 9.17) is 0 Å². The monoisotopic (exact) mass is 268 g/mol. The van der Waals surface area contributed by atoms with E-state index in [9.17, 15) is 0 Å². The number of hydrogen-bond donors (Lipinski definition) is 2. The van der Waals surface area contributed by atoms with Gasteiger partial charge in [-0.05, 0) is 40.7 Å². The maximum absolute atomic E-state index is 4.26. The van der Waals surface area contributed by atoms with E-state index >= 15 is 0 Å². The fraction of sp³-hybridized carbons (Fsp3) is 0.933. The van der Waals surface area contributed by atoms with Crippen LogP contribution >= 0.6 is 0 Å². The third-order valence-electron chi connectivity index (χ3n) is 3.67. The summed E-state index contributed by atoms with van der Waals surface area (Å²) in [6.45, 7) is 8.47. The Labute approximate surface area is 119 Å². The largest absolute Gasteiger partial charge is 0.355 e. The van der Waals surface area contributed by atoms with Gasteiger partial charge in [-0.3, -0.25) is 4.99 Å². The molecule has 0 radical (unpaired) electrons. The van der Waals surface area contributed by atoms with Crippen molar-refractivity contribution >= 4 is 5.96 Å². The van der Waals surface area contributed by atoms with Gasteiger partial charge in [-0.2, -0.15) is 0 Å². The highest BCUT2D eigenvalue weighted by atomic mass is 15.2. The van der Waals surface area contributed by atoms with Crippen LogP contribution in [-0.2, 0) is 0 Å². The molecule has 0 aromatic rings. The van der Waals surface area contributed by atoms with Gasteiger partial charge < -0.3 is 15.5 Å². The number of hydrogen-bond acceptors (Lipinski definition) is 2. The summed E-state index contributed by atoms with van der Waals surface area (Å²) in [5.74, 6) is 0.893. The number of aliphatic imine (C=N–C) groups is 1. The van der Waals surface area contributed by atoms with Crippen LogP contribution in [0.1, 0.15) is 52.9 Å². The Bertz CT molecular complexity index is 274. The Kier molecular flexibility index (Phi) is 6.63. The molecule has 1 rings (SSSR count). The third-order valence-corrected chi connectivity index (χ3v) is 3.67. The lowest BCUT2D eigenvalue weighted by Gasteiger charge is -2.31. The molecule has 19 heavy (non-hydrogen) atoms. The lowest BCUT2D eigenvalue weighted by atomic mass is 9.94. The molecule has 0 aromatic heterocycles. The van der Waals surface area contributed by atoms with Crippen molar-refractivity contribution in [2.24, 2.45) is 4.99 Å². The van der Waals surface area contributed by atoms with Gasteiger partial charge in [0.25, 0.3) is 0 Å². The van der Waals surface area contributed by atoms with Gasteiger partial charge in [0.15, 0.2) is 5.96 Å². The first-order valence-electron chi connectivity index (χ1n) is 7.61. The van der Waals surface area contributed by atoms with Crippen molar-refractivity contribution < 1.29 is 0 Å². The standard InChI is InChI=1S/C15H32N4/c1-15(2,3)18-14(16-4)17-11-12-19(5)13-9-7-6-8-10-13/h13H,6-12H2,1-5H3,(H2,16,17,18). The Morgan fingerprint density at radius 1 is 1.21 bits per heavy atom. The molecule has 0 spiro atoms. The quantitative estimate of drug-likeness (QED) is 0.606. The Morgan fingerprint density at radius 2 is 1.84 bits per heavy atom. The highest BCUT2D eigenvalue weighted by Crippen LogP contribution is 2.21. The van der Waals surface area contributed by atoms with E-state index in [1.54, 1.807) is 0 Å². The summed E-state index contributed by atoms with van der Waals surface area (Å²) < 4.78 is 0. The Morgan fingerprint density at radius 3 is 2.37 bits per heavy atom. The summed E-state index contributed by atoms with van der Waals surface area (Å²) in [6, 6.07) is 0.785. The highest BCUT2D eigenvalue weighted by Gasteiger charge is 2.17. The van der Waals surface area contributed by atoms with Crippen molar-refractivity contribution in [1.29, 1.82) is 0 Å². The predicted octanol–water partition coefficient (Wildman–Crippen LogP) is 2.21. The van der Waals surface area contributed by atoms with Gasteiger partial charge in [-0.25, -0.2) is 0 Å². The first-order chi connectivity index (χ1) is 8.92. The van der Waals surface area contributed by atoms with Gasteiger partial charge in [-0.1, -0.05) is 19.3 Å². The van der Waals surface area contributed by atoms with Crippen LogP contribution in [0.4, 0.5) is 0 Å². The van der Waals surface area contributed by atoms with E-state index in [1.165, 1.54) is 32.1 Å². The summed E-state index contributed by atoms with van der Waals surface area (Å²) in [4.78, 5) is 6.76. The summed E-state index contributed by atoms with van der Waals surface area (Å²) >= 11 is 0. The summed E-state index contributed by atoms with van der Waals surface area (Å²) in [6.07, 6.45) is 6.95. The number of rotatable bonds is 4. The first-order valence-corrected chi connectivity index (χ1v) is 7.61.